The second-order valence-electron chi connectivity index (χ2n) is 5.27. The number of ketones is 1. The lowest BCUT2D eigenvalue weighted by molar-refractivity contribution is -0.112. The first-order valence-corrected chi connectivity index (χ1v) is 10.0. The fraction of sp³-hybridized carbons (Fsp3) is 0.211. The van der Waals surface area contributed by atoms with Crippen LogP contribution in [-0.2, 0) is 4.79 Å². The van der Waals surface area contributed by atoms with Gasteiger partial charge in [-0.3, -0.25) is 4.79 Å². The molecule has 1 nitrogen and oxygen atoms in total. The van der Waals surface area contributed by atoms with Gasteiger partial charge in [-0.25, -0.2) is 0 Å². The van der Waals surface area contributed by atoms with Gasteiger partial charge in [-0.2, -0.15) is 0 Å². The van der Waals surface area contributed by atoms with E-state index < -0.39 is 0 Å². The van der Waals surface area contributed by atoms with E-state index in [-0.39, 0.29) is 10.4 Å². The van der Waals surface area contributed by atoms with Crippen LogP contribution in [0.2, 0.25) is 5.02 Å². The van der Waals surface area contributed by atoms with Crippen molar-refractivity contribution < 1.29 is 4.79 Å². The van der Waals surface area contributed by atoms with Crippen LogP contribution < -0.4 is 0 Å². The molecule has 23 heavy (non-hydrogen) atoms. The quantitative estimate of drug-likeness (QED) is 0.518. The molecule has 3 rings (SSSR count). The average molecular weight is 361 g/mol. The number of carbonyl (C=O) groups excluding carboxylic acids is 1. The molecule has 118 valence electrons. The number of rotatable bonds is 4. The summed E-state index contributed by atoms with van der Waals surface area (Å²) < 4.78 is -0.00519. The Balaban J connectivity index is 1.98. The molecule has 0 atom stereocenters. The Morgan fingerprint density at radius 1 is 1.04 bits per heavy atom. The van der Waals surface area contributed by atoms with Gasteiger partial charge in [0.15, 0.2) is 5.78 Å². The van der Waals surface area contributed by atoms with Gasteiger partial charge in [-0.05, 0) is 47.3 Å². The summed E-state index contributed by atoms with van der Waals surface area (Å²) in [6.45, 7) is 0. The highest BCUT2D eigenvalue weighted by molar-refractivity contribution is 8.18. The zero-order valence-corrected chi connectivity index (χ0v) is 15.0. The topological polar surface area (TPSA) is 17.1 Å². The van der Waals surface area contributed by atoms with Crippen LogP contribution in [0.25, 0.3) is 11.6 Å². The summed E-state index contributed by atoms with van der Waals surface area (Å²) in [5, 5.41) is 0.681. The van der Waals surface area contributed by atoms with Crippen molar-refractivity contribution in [2.45, 2.75) is 11.0 Å². The molecule has 0 aliphatic carbocycles. The lowest BCUT2D eigenvalue weighted by atomic mass is 9.99. The lowest BCUT2D eigenvalue weighted by Crippen LogP contribution is -2.19. The molecule has 1 saturated heterocycles. The molecule has 1 aliphatic heterocycles. The third kappa shape index (κ3) is 4.43. The molecule has 0 amide bonds. The van der Waals surface area contributed by atoms with Crippen LogP contribution in [0.5, 0.6) is 0 Å². The Kier molecular flexibility index (Phi) is 5.87. The Morgan fingerprint density at radius 3 is 2.48 bits per heavy atom. The summed E-state index contributed by atoms with van der Waals surface area (Å²) in [7, 11) is 0. The first-order chi connectivity index (χ1) is 11.2. The zero-order valence-electron chi connectivity index (χ0n) is 12.6. The van der Waals surface area contributed by atoms with Crippen LogP contribution >= 0.6 is 35.1 Å². The molecule has 1 fully saturated rings. The van der Waals surface area contributed by atoms with Crippen LogP contribution in [0.1, 0.15) is 17.5 Å². The summed E-state index contributed by atoms with van der Waals surface area (Å²) in [5.41, 5.74) is 2.68. The van der Waals surface area contributed by atoms with Crippen LogP contribution in [0, 0.1) is 0 Å². The summed E-state index contributed by atoms with van der Waals surface area (Å²) in [6.07, 6.45) is 3.14. The minimum Gasteiger partial charge on any atom is -0.292 e. The third-order valence-corrected chi connectivity index (χ3v) is 6.69. The van der Waals surface area contributed by atoms with Crippen LogP contribution in [-0.4, -0.2) is 21.9 Å². The fourth-order valence-electron chi connectivity index (χ4n) is 2.44. The van der Waals surface area contributed by atoms with Crippen molar-refractivity contribution in [1.82, 2.24) is 0 Å². The molecule has 0 radical (unpaired) electrons. The second-order valence-corrected chi connectivity index (χ2v) is 8.43. The van der Waals surface area contributed by atoms with Crippen LogP contribution in [0.4, 0.5) is 0 Å². The van der Waals surface area contributed by atoms with Crippen LogP contribution in [0.3, 0.4) is 0 Å². The molecule has 4 heteroatoms. The number of hydrogen-bond acceptors (Lipinski definition) is 3. The molecule has 2 aromatic carbocycles. The molecule has 1 aliphatic rings. The van der Waals surface area contributed by atoms with E-state index in [0.29, 0.717) is 5.02 Å². The van der Waals surface area contributed by atoms with Crippen LogP contribution in [0.15, 0.2) is 54.6 Å². The highest BCUT2D eigenvalue weighted by Crippen LogP contribution is 2.35. The average Bonchev–Trinajstić information content (AvgIpc) is 2.61. The summed E-state index contributed by atoms with van der Waals surface area (Å²) in [5.74, 6) is 2.32. The molecule has 1 heterocycles. The predicted molar refractivity (Wildman–Crippen MR) is 104 cm³/mol. The summed E-state index contributed by atoms with van der Waals surface area (Å²) in [4.78, 5) is 13.0. The highest BCUT2D eigenvalue weighted by Gasteiger charge is 2.26. The number of halogens is 1. The Morgan fingerprint density at radius 2 is 1.78 bits per heavy atom. The molecule has 0 bridgehead atoms. The number of hydrogen-bond donors (Lipinski definition) is 0. The van der Waals surface area contributed by atoms with Gasteiger partial charge >= 0.3 is 0 Å². The number of allylic oxidation sites excluding steroid dienone is 1. The van der Waals surface area contributed by atoms with E-state index in [2.05, 4.69) is 0 Å². The van der Waals surface area contributed by atoms with Gasteiger partial charge in [0, 0.05) is 10.6 Å². The minimum atomic E-state index is -0.00519. The van der Waals surface area contributed by atoms with E-state index in [0.717, 1.165) is 28.2 Å². The van der Waals surface area contributed by atoms with Gasteiger partial charge in [-0.15, -0.1) is 23.5 Å². The molecule has 2 aromatic rings. The van der Waals surface area contributed by atoms with E-state index in [1.54, 1.807) is 23.5 Å². The second kappa shape index (κ2) is 8.09. The van der Waals surface area contributed by atoms with Gasteiger partial charge < -0.3 is 0 Å². The van der Waals surface area contributed by atoms with E-state index in [9.17, 15) is 4.79 Å². The minimum absolute atomic E-state index is 0.00519. The fourth-order valence-corrected chi connectivity index (χ4v) is 5.39. The largest absolute Gasteiger partial charge is 0.292 e. The molecule has 0 spiro atoms. The Hall–Kier alpha value is -1.16. The van der Waals surface area contributed by atoms with Gasteiger partial charge in [0.05, 0.1) is 0 Å². The van der Waals surface area contributed by atoms with E-state index >= 15 is 0 Å². The monoisotopic (exact) mass is 360 g/mol. The summed E-state index contributed by atoms with van der Waals surface area (Å²) >= 11 is 9.59. The van der Waals surface area contributed by atoms with Crippen molar-refractivity contribution in [1.29, 1.82) is 0 Å². The zero-order chi connectivity index (χ0) is 16.1. The van der Waals surface area contributed by atoms with Crippen molar-refractivity contribution in [3.05, 3.63) is 70.7 Å². The SMILES string of the molecule is O=C(/C(=C/c1cccc(Cl)c1)c1ccccc1)C1SCCCS1. The number of thioether (sulfide) groups is 2. The molecular formula is C19H17ClOS2. The molecular weight excluding hydrogens is 344 g/mol. The first-order valence-electron chi connectivity index (χ1n) is 7.54. The predicted octanol–water partition coefficient (Wildman–Crippen LogP) is 5.65. The van der Waals surface area contributed by atoms with Crippen molar-refractivity contribution in [2.75, 3.05) is 11.5 Å². The normalized spacial score (nSPS) is 16.3. The number of Topliss-reactive ketones (excluding diaryl/α,β-unsaturated/α-hetero) is 1. The summed E-state index contributed by atoms with van der Waals surface area (Å²) in [6, 6.07) is 17.5. The van der Waals surface area contributed by atoms with Gasteiger partial charge in [0.25, 0.3) is 0 Å². The van der Waals surface area contributed by atoms with Gasteiger partial charge in [-0.1, -0.05) is 54.1 Å². The standard InChI is InChI=1S/C19H17ClOS2/c20-16-9-4-6-14(12-16)13-17(15-7-2-1-3-8-15)18(21)19-22-10-5-11-23-19/h1-4,6-9,12-13,19H,5,10-11H2/b17-13+. The maximum Gasteiger partial charge on any atom is 0.186 e. The van der Waals surface area contributed by atoms with Crippen molar-refractivity contribution in [2.24, 2.45) is 0 Å². The molecule has 0 N–H and O–H groups in total. The maximum absolute atomic E-state index is 13.0. The van der Waals surface area contributed by atoms with Crippen molar-refractivity contribution >= 4 is 52.6 Å². The van der Waals surface area contributed by atoms with E-state index in [1.807, 2.05) is 60.7 Å². The molecule has 0 aromatic heterocycles. The first kappa shape index (κ1) is 16.7. The molecule has 0 saturated carbocycles. The van der Waals surface area contributed by atoms with Crippen molar-refractivity contribution in [3.63, 3.8) is 0 Å². The van der Waals surface area contributed by atoms with Crippen molar-refractivity contribution in [3.8, 4) is 0 Å². The highest BCUT2D eigenvalue weighted by atomic mass is 35.5. The Bertz CT molecular complexity index is 706. The van der Waals surface area contributed by atoms with E-state index in [4.69, 9.17) is 11.6 Å². The molecule has 0 unspecified atom stereocenters. The maximum atomic E-state index is 13.0. The van der Waals surface area contributed by atoms with E-state index in [1.165, 1.54) is 6.42 Å². The van der Waals surface area contributed by atoms with Gasteiger partial charge in [0.1, 0.15) is 4.58 Å². The Labute approximate surface area is 150 Å². The number of benzene rings is 2. The van der Waals surface area contributed by atoms with Gasteiger partial charge in [0.2, 0.25) is 0 Å². The smallest absolute Gasteiger partial charge is 0.186 e. The third-order valence-electron chi connectivity index (χ3n) is 3.55. The lowest BCUT2D eigenvalue weighted by Gasteiger charge is -2.21. The number of carbonyl (C=O) groups is 1.